The fourth-order valence-corrected chi connectivity index (χ4v) is 1.24. The Morgan fingerprint density at radius 3 is 2.40 bits per heavy atom. The lowest BCUT2D eigenvalue weighted by atomic mass is 10.3. The molecule has 82 valence electrons. The van der Waals surface area contributed by atoms with E-state index in [1.807, 2.05) is 13.8 Å². The SMILES string of the molecule is CCN(CC)C(=O)c1cnc(NC)cn1. The van der Waals surface area contributed by atoms with Crippen LogP contribution in [-0.2, 0) is 0 Å². The Morgan fingerprint density at radius 1 is 1.33 bits per heavy atom. The zero-order valence-electron chi connectivity index (χ0n) is 9.32. The number of hydrogen-bond acceptors (Lipinski definition) is 4. The molecule has 1 aromatic rings. The highest BCUT2D eigenvalue weighted by Gasteiger charge is 2.13. The van der Waals surface area contributed by atoms with Crippen LogP contribution in [0.2, 0.25) is 0 Å². The second kappa shape index (κ2) is 5.29. The first-order valence-electron chi connectivity index (χ1n) is 5.02. The molecule has 1 N–H and O–H groups in total. The Balaban J connectivity index is 2.82. The van der Waals surface area contributed by atoms with Crippen molar-refractivity contribution in [1.29, 1.82) is 0 Å². The summed E-state index contributed by atoms with van der Waals surface area (Å²) in [6.07, 6.45) is 3.04. The van der Waals surface area contributed by atoms with Crippen molar-refractivity contribution in [2.45, 2.75) is 13.8 Å². The number of aromatic nitrogens is 2. The van der Waals surface area contributed by atoms with Crippen molar-refractivity contribution < 1.29 is 4.79 Å². The first-order valence-corrected chi connectivity index (χ1v) is 5.02. The molecule has 0 bridgehead atoms. The second-order valence-electron chi connectivity index (χ2n) is 3.01. The van der Waals surface area contributed by atoms with E-state index in [-0.39, 0.29) is 5.91 Å². The third-order valence-electron chi connectivity index (χ3n) is 2.18. The molecule has 0 atom stereocenters. The average molecular weight is 208 g/mol. The predicted octanol–water partition coefficient (Wildman–Crippen LogP) is 1.00. The standard InChI is InChI=1S/C10H16N4O/c1-4-14(5-2)10(15)8-6-13-9(11-3)7-12-8/h6-7H,4-5H2,1-3H3,(H,11,13). The van der Waals surface area contributed by atoms with E-state index in [0.29, 0.717) is 24.6 Å². The van der Waals surface area contributed by atoms with Gasteiger partial charge in [-0.1, -0.05) is 0 Å². The quantitative estimate of drug-likeness (QED) is 0.802. The van der Waals surface area contributed by atoms with Crippen molar-refractivity contribution >= 4 is 11.7 Å². The lowest BCUT2D eigenvalue weighted by molar-refractivity contribution is 0.0766. The molecule has 1 heterocycles. The molecule has 0 unspecified atom stereocenters. The number of amides is 1. The first-order chi connectivity index (χ1) is 7.22. The van der Waals surface area contributed by atoms with E-state index in [4.69, 9.17) is 0 Å². The van der Waals surface area contributed by atoms with Crippen molar-refractivity contribution in [2.75, 3.05) is 25.5 Å². The maximum Gasteiger partial charge on any atom is 0.274 e. The van der Waals surface area contributed by atoms with Gasteiger partial charge in [-0.05, 0) is 13.8 Å². The van der Waals surface area contributed by atoms with E-state index < -0.39 is 0 Å². The number of anilines is 1. The summed E-state index contributed by atoms with van der Waals surface area (Å²) in [5.41, 5.74) is 0.387. The van der Waals surface area contributed by atoms with Gasteiger partial charge in [-0.25, -0.2) is 9.97 Å². The average Bonchev–Trinajstić information content (AvgIpc) is 2.30. The van der Waals surface area contributed by atoms with Crippen LogP contribution >= 0.6 is 0 Å². The van der Waals surface area contributed by atoms with Gasteiger partial charge in [0.15, 0.2) is 0 Å². The molecule has 5 nitrogen and oxygen atoms in total. The van der Waals surface area contributed by atoms with Gasteiger partial charge in [0.25, 0.3) is 5.91 Å². The van der Waals surface area contributed by atoms with E-state index >= 15 is 0 Å². The number of rotatable bonds is 4. The fraction of sp³-hybridized carbons (Fsp3) is 0.500. The largest absolute Gasteiger partial charge is 0.372 e. The molecule has 1 aromatic heterocycles. The Hall–Kier alpha value is -1.65. The first kappa shape index (κ1) is 11.4. The van der Waals surface area contributed by atoms with Gasteiger partial charge in [-0.2, -0.15) is 0 Å². The summed E-state index contributed by atoms with van der Waals surface area (Å²) < 4.78 is 0. The fourth-order valence-electron chi connectivity index (χ4n) is 1.24. The molecule has 0 saturated carbocycles. The highest BCUT2D eigenvalue weighted by atomic mass is 16.2. The van der Waals surface area contributed by atoms with Gasteiger partial charge in [0, 0.05) is 20.1 Å². The zero-order valence-corrected chi connectivity index (χ0v) is 9.32. The minimum Gasteiger partial charge on any atom is -0.372 e. The molecule has 1 amide bonds. The molecule has 0 aliphatic rings. The van der Waals surface area contributed by atoms with E-state index in [0.717, 1.165) is 0 Å². The van der Waals surface area contributed by atoms with Crippen LogP contribution in [-0.4, -0.2) is 40.9 Å². The van der Waals surface area contributed by atoms with E-state index in [9.17, 15) is 4.79 Å². The number of carbonyl (C=O) groups excluding carboxylic acids is 1. The van der Waals surface area contributed by atoms with Crippen molar-refractivity contribution in [3.05, 3.63) is 18.1 Å². The third-order valence-corrected chi connectivity index (χ3v) is 2.18. The monoisotopic (exact) mass is 208 g/mol. The molecular formula is C10H16N4O. The number of carbonyl (C=O) groups is 1. The molecule has 0 fully saturated rings. The molecule has 15 heavy (non-hydrogen) atoms. The molecule has 1 rings (SSSR count). The van der Waals surface area contributed by atoms with Crippen molar-refractivity contribution in [3.63, 3.8) is 0 Å². The zero-order chi connectivity index (χ0) is 11.3. The van der Waals surface area contributed by atoms with Crippen LogP contribution in [0.4, 0.5) is 5.82 Å². The van der Waals surface area contributed by atoms with Crippen LogP contribution < -0.4 is 5.32 Å². The predicted molar refractivity (Wildman–Crippen MR) is 58.8 cm³/mol. The van der Waals surface area contributed by atoms with Crippen molar-refractivity contribution in [2.24, 2.45) is 0 Å². The number of nitrogens with zero attached hydrogens (tertiary/aromatic N) is 3. The maximum atomic E-state index is 11.8. The van der Waals surface area contributed by atoms with Gasteiger partial charge in [-0.15, -0.1) is 0 Å². The molecule has 0 aliphatic heterocycles. The van der Waals surface area contributed by atoms with Crippen LogP contribution in [0.1, 0.15) is 24.3 Å². The topological polar surface area (TPSA) is 58.1 Å². The van der Waals surface area contributed by atoms with Crippen LogP contribution in [0.3, 0.4) is 0 Å². The Labute approximate surface area is 89.5 Å². The minimum absolute atomic E-state index is 0.0739. The van der Waals surface area contributed by atoms with Crippen LogP contribution in [0.5, 0.6) is 0 Å². The third kappa shape index (κ3) is 2.65. The Morgan fingerprint density at radius 2 is 2.00 bits per heavy atom. The normalized spacial score (nSPS) is 9.80. The highest BCUT2D eigenvalue weighted by Crippen LogP contribution is 2.03. The molecule has 0 spiro atoms. The summed E-state index contributed by atoms with van der Waals surface area (Å²) in [5, 5.41) is 2.85. The van der Waals surface area contributed by atoms with Gasteiger partial charge in [-0.3, -0.25) is 4.79 Å². The number of nitrogens with one attached hydrogen (secondary N) is 1. The highest BCUT2D eigenvalue weighted by molar-refractivity contribution is 5.92. The minimum atomic E-state index is -0.0739. The van der Waals surface area contributed by atoms with Crippen molar-refractivity contribution in [1.82, 2.24) is 14.9 Å². The summed E-state index contributed by atoms with van der Waals surface area (Å²) in [5.74, 6) is 0.584. The van der Waals surface area contributed by atoms with Gasteiger partial charge in [0.05, 0.1) is 12.4 Å². The molecule has 0 radical (unpaired) electrons. The van der Waals surface area contributed by atoms with Crippen molar-refractivity contribution in [3.8, 4) is 0 Å². The lowest BCUT2D eigenvalue weighted by Crippen LogP contribution is -2.31. The Bertz CT molecular complexity index is 319. The molecule has 5 heteroatoms. The summed E-state index contributed by atoms with van der Waals surface area (Å²) in [6, 6.07) is 0. The summed E-state index contributed by atoms with van der Waals surface area (Å²) in [6.45, 7) is 5.25. The van der Waals surface area contributed by atoms with E-state index in [1.165, 1.54) is 6.20 Å². The van der Waals surface area contributed by atoms with Crippen LogP contribution in [0.25, 0.3) is 0 Å². The van der Waals surface area contributed by atoms with Crippen LogP contribution in [0.15, 0.2) is 12.4 Å². The van der Waals surface area contributed by atoms with Crippen LogP contribution in [0, 0.1) is 0 Å². The molecule has 0 aliphatic carbocycles. The maximum absolute atomic E-state index is 11.8. The van der Waals surface area contributed by atoms with Gasteiger partial charge >= 0.3 is 0 Å². The Kier molecular flexibility index (Phi) is 4.03. The van der Waals surface area contributed by atoms with E-state index in [1.54, 1.807) is 18.1 Å². The second-order valence-corrected chi connectivity index (χ2v) is 3.01. The molecule has 0 saturated heterocycles. The smallest absolute Gasteiger partial charge is 0.274 e. The summed E-state index contributed by atoms with van der Waals surface area (Å²) >= 11 is 0. The van der Waals surface area contributed by atoms with Gasteiger partial charge < -0.3 is 10.2 Å². The number of hydrogen-bond donors (Lipinski definition) is 1. The van der Waals surface area contributed by atoms with Gasteiger partial charge in [0.1, 0.15) is 11.5 Å². The summed E-state index contributed by atoms with van der Waals surface area (Å²) in [7, 11) is 1.76. The molecule has 0 aromatic carbocycles. The van der Waals surface area contributed by atoms with E-state index in [2.05, 4.69) is 15.3 Å². The summed E-state index contributed by atoms with van der Waals surface area (Å²) in [4.78, 5) is 21.6. The lowest BCUT2D eigenvalue weighted by Gasteiger charge is -2.17. The molecular weight excluding hydrogens is 192 g/mol. The van der Waals surface area contributed by atoms with Gasteiger partial charge in [0.2, 0.25) is 0 Å².